The van der Waals surface area contributed by atoms with Crippen molar-refractivity contribution in [3.8, 4) is 0 Å². The molecule has 1 aromatic rings. The van der Waals surface area contributed by atoms with Crippen LogP contribution in [-0.4, -0.2) is 35.5 Å². The lowest BCUT2D eigenvalue weighted by Gasteiger charge is -2.31. The van der Waals surface area contributed by atoms with Crippen molar-refractivity contribution in [2.75, 3.05) is 18.0 Å². The van der Waals surface area contributed by atoms with Gasteiger partial charge in [0.2, 0.25) is 5.13 Å². The van der Waals surface area contributed by atoms with E-state index >= 15 is 0 Å². The van der Waals surface area contributed by atoms with E-state index in [-0.39, 0.29) is 0 Å². The number of halogens is 1. The number of nitrogens with zero attached hydrogens (tertiary/aromatic N) is 3. The van der Waals surface area contributed by atoms with Gasteiger partial charge in [-0.05, 0) is 28.8 Å². The van der Waals surface area contributed by atoms with Crippen LogP contribution in [0.5, 0.6) is 0 Å². The lowest BCUT2D eigenvalue weighted by Crippen LogP contribution is -2.42. The van der Waals surface area contributed by atoms with E-state index in [0.29, 0.717) is 12.2 Å². The van der Waals surface area contributed by atoms with Gasteiger partial charge < -0.3 is 9.64 Å². The fraction of sp³-hybridized carbons (Fsp3) is 0.750. The fourth-order valence-corrected chi connectivity index (χ4v) is 3.20. The lowest BCUT2D eigenvalue weighted by molar-refractivity contribution is 0.0304. The number of aromatic nitrogens is 2. The van der Waals surface area contributed by atoms with E-state index in [0.717, 1.165) is 22.1 Å². The maximum absolute atomic E-state index is 5.76. The summed E-state index contributed by atoms with van der Waals surface area (Å²) in [7, 11) is 0. The maximum atomic E-state index is 5.76. The molecule has 0 aromatic carbocycles. The van der Waals surface area contributed by atoms with Crippen LogP contribution < -0.4 is 4.90 Å². The molecular weight excluding hydrogens is 266 g/mol. The Hall–Kier alpha value is -0.200. The van der Waals surface area contributed by atoms with Crippen molar-refractivity contribution in [3.63, 3.8) is 0 Å². The van der Waals surface area contributed by atoms with Crippen LogP contribution >= 0.6 is 27.3 Å². The lowest BCUT2D eigenvalue weighted by atomic mass is 10.2. The van der Waals surface area contributed by atoms with Gasteiger partial charge in [0.25, 0.3) is 0 Å². The Balaban J connectivity index is 1.80. The summed E-state index contributed by atoms with van der Waals surface area (Å²) in [5.74, 6) is 0. The van der Waals surface area contributed by atoms with Crippen LogP contribution in [-0.2, 0) is 4.74 Å². The molecule has 0 spiro atoms. The Morgan fingerprint density at radius 3 is 2.57 bits per heavy atom. The third kappa shape index (κ3) is 1.55. The number of ether oxygens (including phenoxy) is 1. The van der Waals surface area contributed by atoms with E-state index in [1.807, 2.05) is 0 Å². The predicted molar refractivity (Wildman–Crippen MR) is 57.7 cm³/mol. The molecule has 0 saturated carbocycles. The third-order valence-corrected chi connectivity index (χ3v) is 4.12. The summed E-state index contributed by atoms with van der Waals surface area (Å²) in [6, 6.07) is 0. The molecule has 0 N–H and O–H groups in total. The average Bonchev–Trinajstić information content (AvgIpc) is 2.73. The molecule has 2 aliphatic heterocycles. The van der Waals surface area contributed by atoms with Crippen molar-refractivity contribution >= 4 is 32.4 Å². The first kappa shape index (κ1) is 9.06. The SMILES string of the molecule is Brc1nnc(N2CC3CCC(C2)O3)s1. The van der Waals surface area contributed by atoms with E-state index in [2.05, 4.69) is 31.0 Å². The molecule has 3 heterocycles. The minimum atomic E-state index is 0.413. The molecule has 1 aromatic heterocycles. The first-order valence-electron chi connectivity index (χ1n) is 4.70. The third-order valence-electron chi connectivity index (χ3n) is 2.70. The summed E-state index contributed by atoms with van der Waals surface area (Å²) in [5, 5.41) is 9.10. The zero-order chi connectivity index (χ0) is 9.54. The molecule has 2 saturated heterocycles. The number of fused-ring (bicyclic) bond motifs is 2. The maximum Gasteiger partial charge on any atom is 0.209 e. The van der Waals surface area contributed by atoms with Crippen molar-refractivity contribution < 1.29 is 4.74 Å². The van der Waals surface area contributed by atoms with Crippen molar-refractivity contribution in [1.82, 2.24) is 10.2 Å². The molecule has 2 atom stereocenters. The van der Waals surface area contributed by atoms with Gasteiger partial charge in [-0.3, -0.25) is 0 Å². The first-order chi connectivity index (χ1) is 6.81. The summed E-state index contributed by atoms with van der Waals surface area (Å²) < 4.78 is 6.61. The minimum absolute atomic E-state index is 0.413. The highest BCUT2D eigenvalue weighted by molar-refractivity contribution is 9.11. The number of hydrogen-bond acceptors (Lipinski definition) is 5. The Morgan fingerprint density at radius 2 is 2.00 bits per heavy atom. The molecule has 0 aliphatic carbocycles. The second kappa shape index (κ2) is 3.43. The van der Waals surface area contributed by atoms with Gasteiger partial charge >= 0.3 is 0 Å². The summed E-state index contributed by atoms with van der Waals surface area (Å²) >= 11 is 4.92. The van der Waals surface area contributed by atoms with Crippen LogP contribution in [0.4, 0.5) is 5.13 Å². The smallest absolute Gasteiger partial charge is 0.209 e. The number of morpholine rings is 1. The Kier molecular flexibility index (Phi) is 2.22. The highest BCUT2D eigenvalue weighted by atomic mass is 79.9. The summed E-state index contributed by atoms with van der Waals surface area (Å²) in [6.45, 7) is 1.94. The Bertz CT molecular complexity index is 333. The average molecular weight is 276 g/mol. The van der Waals surface area contributed by atoms with Crippen LogP contribution in [0.3, 0.4) is 0 Å². The van der Waals surface area contributed by atoms with Crippen LogP contribution in [0.1, 0.15) is 12.8 Å². The molecule has 76 valence electrons. The van der Waals surface area contributed by atoms with Crippen molar-refractivity contribution in [1.29, 1.82) is 0 Å². The predicted octanol–water partition coefficient (Wildman–Crippen LogP) is 1.67. The van der Waals surface area contributed by atoms with Gasteiger partial charge in [-0.15, -0.1) is 10.2 Å². The monoisotopic (exact) mass is 275 g/mol. The topological polar surface area (TPSA) is 38.2 Å². The zero-order valence-electron chi connectivity index (χ0n) is 7.52. The highest BCUT2D eigenvalue weighted by Gasteiger charge is 2.34. The van der Waals surface area contributed by atoms with Gasteiger partial charge in [0.1, 0.15) is 0 Å². The van der Waals surface area contributed by atoms with Gasteiger partial charge in [-0.25, -0.2) is 0 Å². The summed E-state index contributed by atoms with van der Waals surface area (Å²) in [4.78, 5) is 2.29. The first-order valence-corrected chi connectivity index (χ1v) is 6.31. The van der Waals surface area contributed by atoms with E-state index in [1.165, 1.54) is 12.8 Å². The number of rotatable bonds is 1. The summed E-state index contributed by atoms with van der Waals surface area (Å²) in [5.41, 5.74) is 0. The van der Waals surface area contributed by atoms with Gasteiger partial charge in [0, 0.05) is 13.1 Å². The molecule has 2 aliphatic rings. The Morgan fingerprint density at radius 1 is 1.29 bits per heavy atom. The molecule has 3 rings (SSSR count). The van der Waals surface area contributed by atoms with E-state index in [4.69, 9.17) is 4.74 Å². The van der Waals surface area contributed by atoms with Gasteiger partial charge in [0.15, 0.2) is 3.92 Å². The zero-order valence-corrected chi connectivity index (χ0v) is 9.92. The van der Waals surface area contributed by atoms with Gasteiger partial charge in [0.05, 0.1) is 12.2 Å². The van der Waals surface area contributed by atoms with Gasteiger partial charge in [-0.1, -0.05) is 11.3 Å². The fourth-order valence-electron chi connectivity index (χ4n) is 2.10. The normalized spacial score (nSPS) is 31.1. The second-order valence-corrected chi connectivity index (χ2v) is 5.93. The highest BCUT2D eigenvalue weighted by Crippen LogP contribution is 2.31. The largest absolute Gasteiger partial charge is 0.371 e. The number of hydrogen-bond donors (Lipinski definition) is 0. The number of anilines is 1. The van der Waals surface area contributed by atoms with Crippen LogP contribution in [0.2, 0.25) is 0 Å². The summed E-state index contributed by atoms with van der Waals surface area (Å²) in [6.07, 6.45) is 3.22. The molecule has 6 heteroatoms. The molecule has 0 radical (unpaired) electrons. The van der Waals surface area contributed by atoms with Gasteiger partial charge in [-0.2, -0.15) is 0 Å². The second-order valence-electron chi connectivity index (χ2n) is 3.70. The molecule has 4 nitrogen and oxygen atoms in total. The van der Waals surface area contributed by atoms with Crippen LogP contribution in [0, 0.1) is 0 Å². The molecule has 2 unspecified atom stereocenters. The minimum Gasteiger partial charge on any atom is -0.371 e. The van der Waals surface area contributed by atoms with Crippen molar-refractivity contribution in [2.45, 2.75) is 25.0 Å². The van der Waals surface area contributed by atoms with Crippen molar-refractivity contribution in [3.05, 3.63) is 3.92 Å². The van der Waals surface area contributed by atoms with E-state index in [1.54, 1.807) is 11.3 Å². The van der Waals surface area contributed by atoms with Crippen molar-refractivity contribution in [2.24, 2.45) is 0 Å². The molecule has 14 heavy (non-hydrogen) atoms. The molecule has 2 fully saturated rings. The molecular formula is C8H10BrN3OS. The van der Waals surface area contributed by atoms with Crippen LogP contribution in [0.25, 0.3) is 0 Å². The standard InChI is InChI=1S/C8H10BrN3OS/c9-7-10-11-8(14-7)12-3-5-1-2-6(4-12)13-5/h5-6H,1-4H2. The molecule has 2 bridgehead atoms. The molecule has 0 amide bonds. The quantitative estimate of drug-likeness (QED) is 0.782. The Labute approximate surface area is 94.4 Å². The van der Waals surface area contributed by atoms with E-state index in [9.17, 15) is 0 Å². The van der Waals surface area contributed by atoms with Crippen LogP contribution in [0.15, 0.2) is 3.92 Å². The van der Waals surface area contributed by atoms with E-state index < -0.39 is 0 Å².